The van der Waals surface area contributed by atoms with Crippen molar-refractivity contribution < 1.29 is 36.3 Å². The van der Waals surface area contributed by atoms with Crippen molar-refractivity contribution in [1.29, 1.82) is 0 Å². The number of aliphatic hydroxyl groups excluding tert-OH is 1. The number of ketones is 2. The molecule has 1 aromatic heterocycles. The van der Waals surface area contributed by atoms with Crippen LogP contribution in [-0.4, -0.2) is 29.6 Å². The van der Waals surface area contributed by atoms with Gasteiger partial charge in [0, 0.05) is 23.0 Å². The van der Waals surface area contributed by atoms with E-state index >= 15 is 0 Å². The molecule has 0 radical (unpaired) electrons. The second-order valence-corrected chi connectivity index (χ2v) is 8.79. The number of carbonyl (C=O) groups excluding carboxylic acids is 2. The molecule has 0 spiro atoms. The SMILES string of the molecule is C[C@@]12CCC(=O)c3coc(c31)C(=O)c1cc3c(cc12)[C@@H](OS(=O)(=O)O)C=C[C@H]3O. The molecule has 0 aliphatic heterocycles. The largest absolute Gasteiger partial charge is 0.460 e. The molecule has 0 saturated carbocycles. The van der Waals surface area contributed by atoms with Crippen LogP contribution < -0.4 is 0 Å². The van der Waals surface area contributed by atoms with Crippen molar-refractivity contribution in [3.63, 3.8) is 0 Å². The Hall–Kier alpha value is -2.59. The average Bonchev–Trinajstić information content (AvgIpc) is 3.11. The number of rotatable bonds is 2. The quantitative estimate of drug-likeness (QED) is 0.564. The minimum absolute atomic E-state index is 0.0902. The van der Waals surface area contributed by atoms with Crippen molar-refractivity contribution in [2.75, 3.05) is 0 Å². The van der Waals surface area contributed by atoms with Gasteiger partial charge < -0.3 is 9.52 Å². The van der Waals surface area contributed by atoms with Gasteiger partial charge in [-0.15, -0.1) is 0 Å². The second kappa shape index (κ2) is 5.73. The lowest BCUT2D eigenvalue weighted by molar-refractivity contribution is 0.0957. The molecule has 3 atom stereocenters. The molecule has 3 aliphatic carbocycles. The lowest BCUT2D eigenvalue weighted by Crippen LogP contribution is -2.37. The first-order valence-electron chi connectivity index (χ1n) is 9.00. The molecule has 150 valence electrons. The minimum atomic E-state index is -4.75. The van der Waals surface area contributed by atoms with Gasteiger partial charge in [0.2, 0.25) is 5.78 Å². The van der Waals surface area contributed by atoms with E-state index in [0.29, 0.717) is 39.8 Å². The maximum Gasteiger partial charge on any atom is 0.398 e. The van der Waals surface area contributed by atoms with Crippen LogP contribution in [0.1, 0.15) is 80.7 Å². The topological polar surface area (TPSA) is 131 Å². The number of benzene rings is 1. The Morgan fingerprint density at radius 3 is 2.66 bits per heavy atom. The summed E-state index contributed by atoms with van der Waals surface area (Å²) in [7, 11) is -4.75. The fraction of sp³-hybridized carbons (Fsp3) is 0.300. The van der Waals surface area contributed by atoms with Crippen molar-refractivity contribution in [1.82, 2.24) is 0 Å². The van der Waals surface area contributed by atoms with Crippen LogP contribution in [0.4, 0.5) is 0 Å². The van der Waals surface area contributed by atoms with Crippen molar-refractivity contribution in [3.8, 4) is 0 Å². The van der Waals surface area contributed by atoms with Crippen LogP contribution >= 0.6 is 0 Å². The lowest BCUT2D eigenvalue weighted by atomic mass is 9.62. The van der Waals surface area contributed by atoms with E-state index in [-0.39, 0.29) is 18.0 Å². The third kappa shape index (κ3) is 2.52. The van der Waals surface area contributed by atoms with E-state index in [2.05, 4.69) is 0 Å². The van der Waals surface area contributed by atoms with Crippen molar-refractivity contribution in [2.45, 2.75) is 37.4 Å². The van der Waals surface area contributed by atoms with Gasteiger partial charge in [-0.25, -0.2) is 4.18 Å². The summed E-state index contributed by atoms with van der Waals surface area (Å²) in [6.45, 7) is 1.91. The van der Waals surface area contributed by atoms with Gasteiger partial charge in [-0.2, -0.15) is 8.42 Å². The van der Waals surface area contributed by atoms with E-state index in [1.165, 1.54) is 24.5 Å². The van der Waals surface area contributed by atoms with Gasteiger partial charge in [0.1, 0.15) is 12.4 Å². The highest BCUT2D eigenvalue weighted by molar-refractivity contribution is 7.80. The van der Waals surface area contributed by atoms with Crippen molar-refractivity contribution >= 4 is 22.0 Å². The fourth-order valence-corrected chi connectivity index (χ4v) is 5.13. The van der Waals surface area contributed by atoms with Gasteiger partial charge >= 0.3 is 10.4 Å². The number of Topliss-reactive ketones (excluding diaryl/α,β-unsaturated/α-hetero) is 1. The molecule has 5 rings (SSSR count). The van der Waals surface area contributed by atoms with E-state index < -0.39 is 33.8 Å². The Bertz CT molecular complexity index is 1240. The molecule has 8 nitrogen and oxygen atoms in total. The first-order valence-corrected chi connectivity index (χ1v) is 10.4. The summed E-state index contributed by atoms with van der Waals surface area (Å²) in [6, 6.07) is 3.13. The van der Waals surface area contributed by atoms with Crippen LogP contribution in [0.15, 0.2) is 35.0 Å². The fourth-order valence-electron chi connectivity index (χ4n) is 4.70. The van der Waals surface area contributed by atoms with Gasteiger partial charge in [0.05, 0.1) is 11.7 Å². The summed E-state index contributed by atoms with van der Waals surface area (Å²) in [6.07, 6.45) is 2.48. The predicted octanol–water partition coefficient (Wildman–Crippen LogP) is 2.57. The van der Waals surface area contributed by atoms with Crippen molar-refractivity contribution in [3.05, 3.63) is 69.7 Å². The number of carbonyl (C=O) groups is 2. The Morgan fingerprint density at radius 1 is 1.17 bits per heavy atom. The standard InChI is InChI=1S/C20H16O8S/c1-20-5-4-15(22)12-8-27-19(17(12)20)18(23)11-6-9-10(7-13(11)20)16(3-2-14(9)21)28-29(24,25)26/h2-3,6-8,14,16,21H,4-5H2,1H3,(H,24,25,26)/t14-,16+,20+/m1/s1. The molecule has 0 bridgehead atoms. The zero-order chi connectivity index (χ0) is 20.7. The van der Waals surface area contributed by atoms with E-state index in [1.54, 1.807) is 6.07 Å². The van der Waals surface area contributed by atoms with E-state index in [9.17, 15) is 23.1 Å². The molecule has 3 aliphatic rings. The number of fused-ring (bicyclic) bond motifs is 3. The van der Waals surface area contributed by atoms with Gasteiger partial charge in [0.15, 0.2) is 11.5 Å². The van der Waals surface area contributed by atoms with Crippen LogP contribution in [0.25, 0.3) is 0 Å². The molecule has 9 heteroatoms. The predicted molar refractivity (Wildman–Crippen MR) is 98.1 cm³/mol. The summed E-state index contributed by atoms with van der Waals surface area (Å²) < 4.78 is 41.9. The Kier molecular flexibility index (Phi) is 3.64. The van der Waals surface area contributed by atoms with Crippen LogP contribution in [0, 0.1) is 0 Å². The van der Waals surface area contributed by atoms with Crippen LogP contribution in [0.3, 0.4) is 0 Å². The van der Waals surface area contributed by atoms with Gasteiger partial charge in [-0.1, -0.05) is 25.1 Å². The zero-order valence-corrected chi connectivity index (χ0v) is 16.0. The summed E-state index contributed by atoms with van der Waals surface area (Å²) in [5, 5.41) is 10.4. The molecule has 1 heterocycles. The molecule has 0 unspecified atom stereocenters. The summed E-state index contributed by atoms with van der Waals surface area (Å²) in [5.41, 5.74) is 1.80. The van der Waals surface area contributed by atoms with E-state index in [4.69, 9.17) is 13.2 Å². The number of aliphatic hydroxyl groups is 1. The molecule has 1 aromatic carbocycles. The highest BCUT2D eigenvalue weighted by Crippen LogP contribution is 2.51. The minimum Gasteiger partial charge on any atom is -0.460 e. The molecule has 2 N–H and O–H groups in total. The number of hydrogen-bond donors (Lipinski definition) is 2. The molecular weight excluding hydrogens is 400 g/mol. The van der Waals surface area contributed by atoms with Gasteiger partial charge in [0.25, 0.3) is 0 Å². The number of hydrogen-bond acceptors (Lipinski definition) is 7. The molecule has 2 aromatic rings. The monoisotopic (exact) mass is 416 g/mol. The first-order chi connectivity index (χ1) is 13.6. The van der Waals surface area contributed by atoms with E-state index in [0.717, 1.165) is 0 Å². The summed E-state index contributed by atoms with van der Waals surface area (Å²) >= 11 is 0. The normalized spacial score (nSPS) is 27.4. The summed E-state index contributed by atoms with van der Waals surface area (Å²) in [4.78, 5) is 25.4. The Morgan fingerprint density at radius 2 is 1.93 bits per heavy atom. The smallest absolute Gasteiger partial charge is 0.398 e. The van der Waals surface area contributed by atoms with Gasteiger partial charge in [-0.3, -0.25) is 14.1 Å². The maximum absolute atomic E-state index is 13.1. The van der Waals surface area contributed by atoms with Gasteiger partial charge in [-0.05, 0) is 29.2 Å². The average molecular weight is 416 g/mol. The highest BCUT2D eigenvalue weighted by atomic mass is 32.3. The molecule has 29 heavy (non-hydrogen) atoms. The third-order valence-corrected chi connectivity index (χ3v) is 6.53. The third-order valence-electron chi connectivity index (χ3n) is 6.08. The number of furan rings is 1. The molecular formula is C20H16O8S. The highest BCUT2D eigenvalue weighted by Gasteiger charge is 2.48. The lowest BCUT2D eigenvalue weighted by Gasteiger charge is -2.39. The molecule has 0 saturated heterocycles. The Labute approximate surface area is 165 Å². The van der Waals surface area contributed by atoms with Crippen LogP contribution in [-0.2, 0) is 20.0 Å². The Balaban J connectivity index is 1.76. The van der Waals surface area contributed by atoms with E-state index in [1.807, 2.05) is 6.92 Å². The maximum atomic E-state index is 13.1. The summed E-state index contributed by atoms with van der Waals surface area (Å²) in [5.74, 6) is -0.368. The van der Waals surface area contributed by atoms with Crippen LogP contribution in [0.5, 0.6) is 0 Å². The molecule has 0 fully saturated rings. The van der Waals surface area contributed by atoms with Crippen molar-refractivity contribution in [2.24, 2.45) is 0 Å². The molecule has 0 amide bonds. The van der Waals surface area contributed by atoms with Crippen LogP contribution in [0.2, 0.25) is 0 Å². The second-order valence-electron chi connectivity index (χ2n) is 7.74. The zero-order valence-electron chi connectivity index (χ0n) is 15.2. The first kappa shape index (κ1) is 18.4.